The van der Waals surface area contributed by atoms with Gasteiger partial charge < -0.3 is 10.2 Å². The molecule has 1 aromatic heterocycles. The maximum Gasteiger partial charge on any atom is 0.177 e. The van der Waals surface area contributed by atoms with Gasteiger partial charge >= 0.3 is 0 Å². The number of hydrogen-bond acceptors (Lipinski definition) is 3. The largest absolute Gasteiger partial charge is 0.499 e. The molecule has 3 heteroatoms. The highest BCUT2D eigenvalue weighted by Crippen LogP contribution is 2.34. The van der Waals surface area contributed by atoms with E-state index in [1.807, 2.05) is 0 Å². The summed E-state index contributed by atoms with van der Waals surface area (Å²) in [7, 11) is 0. The number of aryl methyl sites for hydroxylation is 1. The normalized spacial score (nSPS) is 10.3. The van der Waals surface area contributed by atoms with Crippen molar-refractivity contribution in [2.45, 2.75) is 26.2 Å². The fourth-order valence-electron chi connectivity index (χ4n) is 0.951. The van der Waals surface area contributed by atoms with Crippen LogP contribution in [0.15, 0.2) is 6.07 Å². The number of rotatable bonds is 3. The minimum absolute atomic E-state index is 0.202. The van der Waals surface area contributed by atoms with E-state index >= 15 is 0 Å². The molecule has 0 saturated carbocycles. The van der Waals surface area contributed by atoms with Gasteiger partial charge in [-0.2, -0.15) is 0 Å². The first-order valence-corrected chi connectivity index (χ1v) is 4.56. The number of hydrogen-bond donors (Lipinski definition) is 2. The van der Waals surface area contributed by atoms with E-state index in [9.17, 15) is 5.11 Å². The maximum absolute atomic E-state index is 9.22. The fraction of sp³-hybridized carbons (Fsp3) is 0.500. The van der Waals surface area contributed by atoms with Crippen LogP contribution >= 0.6 is 11.3 Å². The maximum atomic E-state index is 9.22. The summed E-state index contributed by atoms with van der Waals surface area (Å²) in [6, 6.07) is 1.63. The number of unbranched alkanes of at least 4 members (excludes halogenated alkanes) is 1. The molecule has 0 atom stereocenters. The van der Waals surface area contributed by atoms with Gasteiger partial charge in [0.15, 0.2) is 10.1 Å². The Morgan fingerprint density at radius 2 is 2.18 bits per heavy atom. The molecule has 0 aliphatic carbocycles. The van der Waals surface area contributed by atoms with Crippen LogP contribution in [0.1, 0.15) is 25.3 Å². The fourth-order valence-corrected chi connectivity index (χ4v) is 1.64. The van der Waals surface area contributed by atoms with Crippen LogP contribution in [-0.4, -0.2) is 10.2 Å². The quantitative estimate of drug-likeness (QED) is 0.735. The molecule has 11 heavy (non-hydrogen) atoms. The Morgan fingerprint density at radius 1 is 1.45 bits per heavy atom. The molecule has 62 valence electrons. The standard InChI is InChI=1S/C8H12O2S/c1-2-3-4-6-5-7(9)11-8(6)10/h5,9-10H,2-4H2,1H3. The van der Waals surface area contributed by atoms with Crippen molar-refractivity contribution in [3.63, 3.8) is 0 Å². The van der Waals surface area contributed by atoms with Crippen LogP contribution < -0.4 is 0 Å². The van der Waals surface area contributed by atoms with Gasteiger partial charge in [0.25, 0.3) is 0 Å². The molecule has 0 aliphatic heterocycles. The zero-order valence-electron chi connectivity index (χ0n) is 6.50. The van der Waals surface area contributed by atoms with Crippen molar-refractivity contribution in [3.05, 3.63) is 11.6 Å². The SMILES string of the molecule is CCCCc1cc(O)sc1O. The molecule has 0 amide bonds. The predicted octanol–water partition coefficient (Wildman–Crippen LogP) is 2.50. The molecule has 1 aromatic rings. The van der Waals surface area contributed by atoms with Gasteiger partial charge in [0, 0.05) is 5.56 Å². The van der Waals surface area contributed by atoms with E-state index in [1.54, 1.807) is 6.07 Å². The molecule has 0 fully saturated rings. The summed E-state index contributed by atoms with van der Waals surface area (Å²) < 4.78 is 0. The van der Waals surface area contributed by atoms with E-state index < -0.39 is 0 Å². The van der Waals surface area contributed by atoms with Crippen LogP contribution in [0, 0.1) is 0 Å². The van der Waals surface area contributed by atoms with Gasteiger partial charge in [-0.1, -0.05) is 24.7 Å². The molecular formula is C8H12O2S. The molecule has 0 spiro atoms. The second-order valence-electron chi connectivity index (χ2n) is 2.52. The second-order valence-corrected chi connectivity index (χ2v) is 3.53. The molecule has 1 heterocycles. The summed E-state index contributed by atoms with van der Waals surface area (Å²) in [5.74, 6) is 0. The lowest BCUT2D eigenvalue weighted by Crippen LogP contribution is -1.79. The minimum Gasteiger partial charge on any atom is -0.499 e. The molecule has 0 saturated heterocycles. The molecule has 0 bridgehead atoms. The van der Waals surface area contributed by atoms with Crippen molar-refractivity contribution in [2.75, 3.05) is 0 Å². The van der Waals surface area contributed by atoms with E-state index in [1.165, 1.54) is 0 Å². The molecule has 0 aromatic carbocycles. The highest BCUT2D eigenvalue weighted by molar-refractivity contribution is 7.15. The molecule has 1 rings (SSSR count). The topological polar surface area (TPSA) is 40.5 Å². The summed E-state index contributed by atoms with van der Waals surface area (Å²) in [4.78, 5) is 0. The third-order valence-electron chi connectivity index (χ3n) is 1.57. The van der Waals surface area contributed by atoms with Crippen LogP contribution in [-0.2, 0) is 6.42 Å². The van der Waals surface area contributed by atoms with Crippen molar-refractivity contribution in [2.24, 2.45) is 0 Å². The van der Waals surface area contributed by atoms with Crippen LogP contribution in [0.3, 0.4) is 0 Å². The zero-order chi connectivity index (χ0) is 8.27. The van der Waals surface area contributed by atoms with E-state index in [-0.39, 0.29) is 10.1 Å². The van der Waals surface area contributed by atoms with E-state index in [2.05, 4.69) is 6.92 Å². The van der Waals surface area contributed by atoms with Gasteiger partial charge in [-0.3, -0.25) is 0 Å². The molecule has 2 N–H and O–H groups in total. The highest BCUT2D eigenvalue weighted by Gasteiger charge is 2.05. The first kappa shape index (κ1) is 8.40. The summed E-state index contributed by atoms with van der Waals surface area (Å²) in [5, 5.41) is 18.7. The van der Waals surface area contributed by atoms with Gasteiger partial charge in [-0.25, -0.2) is 0 Å². The second kappa shape index (κ2) is 3.62. The van der Waals surface area contributed by atoms with Gasteiger partial charge in [-0.15, -0.1) is 0 Å². The van der Waals surface area contributed by atoms with Crippen LogP contribution in [0.2, 0.25) is 0 Å². The predicted molar refractivity (Wildman–Crippen MR) is 46.3 cm³/mol. The van der Waals surface area contributed by atoms with E-state index in [0.717, 1.165) is 36.2 Å². The van der Waals surface area contributed by atoms with Crippen LogP contribution in [0.25, 0.3) is 0 Å². The molecular weight excluding hydrogens is 160 g/mol. The van der Waals surface area contributed by atoms with Gasteiger partial charge in [0.1, 0.15) is 0 Å². The lowest BCUT2D eigenvalue weighted by molar-refractivity contribution is 0.483. The monoisotopic (exact) mass is 172 g/mol. The molecule has 2 nitrogen and oxygen atoms in total. The summed E-state index contributed by atoms with van der Waals surface area (Å²) in [6.07, 6.45) is 3.03. The van der Waals surface area contributed by atoms with Gasteiger partial charge in [0.2, 0.25) is 0 Å². The van der Waals surface area contributed by atoms with Gasteiger partial charge in [-0.05, 0) is 18.9 Å². The number of thiophene rings is 1. The lowest BCUT2D eigenvalue weighted by Gasteiger charge is -1.93. The molecule has 0 aliphatic rings. The average Bonchev–Trinajstić information content (AvgIpc) is 2.26. The van der Waals surface area contributed by atoms with Crippen molar-refractivity contribution >= 4 is 11.3 Å². The summed E-state index contributed by atoms with van der Waals surface area (Å²) >= 11 is 1.03. The Labute approximate surface area is 70.1 Å². The molecule has 0 unspecified atom stereocenters. The summed E-state index contributed by atoms with van der Waals surface area (Å²) in [6.45, 7) is 2.10. The third kappa shape index (κ3) is 2.12. The first-order chi connectivity index (χ1) is 5.24. The smallest absolute Gasteiger partial charge is 0.177 e. The lowest BCUT2D eigenvalue weighted by atomic mass is 10.1. The van der Waals surface area contributed by atoms with Crippen molar-refractivity contribution in [1.29, 1.82) is 0 Å². The van der Waals surface area contributed by atoms with Crippen molar-refractivity contribution in [3.8, 4) is 10.1 Å². The first-order valence-electron chi connectivity index (χ1n) is 3.74. The van der Waals surface area contributed by atoms with Crippen molar-refractivity contribution < 1.29 is 10.2 Å². The Bertz CT molecular complexity index is 230. The van der Waals surface area contributed by atoms with Crippen molar-refractivity contribution in [1.82, 2.24) is 0 Å². The van der Waals surface area contributed by atoms with E-state index in [0.29, 0.717) is 0 Å². The molecule has 0 radical (unpaired) electrons. The number of aromatic hydroxyl groups is 2. The van der Waals surface area contributed by atoms with Gasteiger partial charge in [0.05, 0.1) is 0 Å². The Hall–Kier alpha value is -0.700. The Kier molecular flexibility index (Phi) is 2.76. The zero-order valence-corrected chi connectivity index (χ0v) is 7.32. The van der Waals surface area contributed by atoms with Crippen LogP contribution in [0.4, 0.5) is 0 Å². The minimum atomic E-state index is 0.202. The highest BCUT2D eigenvalue weighted by atomic mass is 32.1. The van der Waals surface area contributed by atoms with E-state index in [4.69, 9.17) is 5.11 Å². The summed E-state index contributed by atoms with van der Waals surface area (Å²) in [5.41, 5.74) is 0.870. The average molecular weight is 172 g/mol. The third-order valence-corrected chi connectivity index (χ3v) is 2.36. The van der Waals surface area contributed by atoms with Crippen LogP contribution in [0.5, 0.6) is 10.1 Å². The Morgan fingerprint density at radius 3 is 2.64 bits per heavy atom. The Balaban J connectivity index is 2.62.